The zero-order valence-corrected chi connectivity index (χ0v) is 25.3. The lowest BCUT2D eigenvalue weighted by atomic mass is 10.1. The molecule has 4 rings (SSSR count). The number of rotatable bonds is 8. The van der Waals surface area contributed by atoms with Gasteiger partial charge in [-0.2, -0.15) is 0 Å². The summed E-state index contributed by atoms with van der Waals surface area (Å²) >= 11 is 4.48. The van der Waals surface area contributed by atoms with E-state index < -0.39 is 5.91 Å². The van der Waals surface area contributed by atoms with Crippen LogP contribution in [0.15, 0.2) is 54.7 Å². The van der Waals surface area contributed by atoms with Gasteiger partial charge in [-0.15, -0.1) is 0 Å². The number of likely N-dealkylation sites (tertiary alicyclic amines) is 1. The molecule has 1 aromatic heterocycles. The molecule has 3 N–H and O–H groups in total. The minimum atomic E-state index is -0.398. The van der Waals surface area contributed by atoms with Crippen molar-refractivity contribution in [3.05, 3.63) is 82.5 Å². The highest BCUT2D eigenvalue weighted by molar-refractivity contribution is 14.1. The Bertz CT molecular complexity index is 1310. The second-order valence-corrected chi connectivity index (χ2v) is 10.4. The molecule has 0 radical (unpaired) electrons. The first-order chi connectivity index (χ1) is 18.4. The molecular formula is C28H29I2N5O3. The molecule has 198 valence electrons. The molecule has 0 aliphatic carbocycles. The molecule has 1 fully saturated rings. The maximum atomic E-state index is 13.3. The van der Waals surface area contributed by atoms with E-state index >= 15 is 0 Å². The van der Waals surface area contributed by atoms with E-state index in [0.717, 1.165) is 47.0 Å². The van der Waals surface area contributed by atoms with Crippen LogP contribution in [0, 0.1) is 5.41 Å². The molecule has 3 aromatic rings. The molecule has 2 aromatic carbocycles. The third-order valence-corrected chi connectivity index (χ3v) is 8.09. The summed E-state index contributed by atoms with van der Waals surface area (Å²) in [5.41, 5.74) is 3.71. The van der Waals surface area contributed by atoms with Crippen molar-refractivity contribution in [2.45, 2.75) is 28.1 Å². The topological polar surface area (TPSA) is 107 Å². The van der Waals surface area contributed by atoms with Crippen LogP contribution < -0.4 is 15.4 Å². The van der Waals surface area contributed by atoms with Crippen LogP contribution in [0.4, 0.5) is 11.5 Å². The molecule has 0 spiro atoms. The molecule has 8 nitrogen and oxygen atoms in total. The quantitative estimate of drug-likeness (QED) is 0.109. The average molecular weight is 737 g/mol. The fourth-order valence-corrected chi connectivity index (χ4v) is 5.14. The number of halogens is 2. The van der Waals surface area contributed by atoms with Gasteiger partial charge in [-0.05, 0) is 60.7 Å². The van der Waals surface area contributed by atoms with E-state index in [4.69, 9.17) is 10.1 Å². The smallest absolute Gasteiger partial charge is 0.259 e. The molecule has 38 heavy (non-hydrogen) atoms. The first-order valence-electron chi connectivity index (χ1n) is 12.3. The number of nitrogens with one attached hydrogen (secondary N) is 3. The molecule has 1 saturated heterocycles. The van der Waals surface area contributed by atoms with Gasteiger partial charge >= 0.3 is 0 Å². The lowest BCUT2D eigenvalue weighted by Crippen LogP contribution is -2.35. The van der Waals surface area contributed by atoms with Crippen LogP contribution in [0.25, 0.3) is 0 Å². The van der Waals surface area contributed by atoms with Crippen LogP contribution in [0.5, 0.6) is 5.75 Å². The van der Waals surface area contributed by atoms with Gasteiger partial charge < -0.3 is 20.3 Å². The molecule has 1 aliphatic rings. The van der Waals surface area contributed by atoms with Crippen LogP contribution in [0.2, 0.25) is 0 Å². The first-order valence-corrected chi connectivity index (χ1v) is 15.3. The number of amidine groups is 1. The van der Waals surface area contributed by atoms with Crippen molar-refractivity contribution in [3.8, 4) is 5.75 Å². The van der Waals surface area contributed by atoms with Gasteiger partial charge in [0.25, 0.3) is 11.8 Å². The third kappa shape index (κ3) is 6.82. The largest absolute Gasteiger partial charge is 0.495 e. The van der Waals surface area contributed by atoms with E-state index in [1.807, 2.05) is 12.1 Å². The molecule has 2 heterocycles. The van der Waals surface area contributed by atoms with Gasteiger partial charge in [0.2, 0.25) is 0 Å². The second-order valence-electron chi connectivity index (χ2n) is 8.92. The zero-order chi connectivity index (χ0) is 27.1. The van der Waals surface area contributed by atoms with Crippen LogP contribution in [-0.4, -0.2) is 47.7 Å². The number of methoxy groups -OCH3 is 1. The Kier molecular flexibility index (Phi) is 9.94. The molecule has 0 bridgehead atoms. The molecule has 0 saturated carbocycles. The normalized spacial score (nSPS) is 13.1. The van der Waals surface area contributed by atoms with Crippen molar-refractivity contribution in [3.63, 3.8) is 0 Å². The number of amides is 2. The molecule has 10 heteroatoms. The number of carbonyl (C=O) groups excluding carboxylic acids is 2. The summed E-state index contributed by atoms with van der Waals surface area (Å²) in [6.45, 7) is 1.77. The maximum absolute atomic E-state index is 13.3. The fraction of sp³-hybridized carbons (Fsp3) is 0.286. The average Bonchev–Trinajstić information content (AvgIpc) is 2.97. The fourth-order valence-electron chi connectivity index (χ4n) is 4.25. The zero-order valence-electron chi connectivity index (χ0n) is 21.0. The van der Waals surface area contributed by atoms with Gasteiger partial charge in [0.1, 0.15) is 17.4 Å². The summed E-state index contributed by atoms with van der Waals surface area (Å²) in [6, 6.07) is 14.2. The summed E-state index contributed by atoms with van der Waals surface area (Å²) < 4.78 is 7.05. The Hall–Kier alpha value is -2.74. The molecule has 2 amide bonds. The van der Waals surface area contributed by atoms with Gasteiger partial charge in [0.15, 0.2) is 0 Å². The molecule has 1 aliphatic heterocycles. The highest BCUT2D eigenvalue weighted by atomic mass is 127. The Morgan fingerprint density at radius 2 is 1.61 bits per heavy atom. The van der Waals surface area contributed by atoms with E-state index in [1.165, 1.54) is 13.5 Å². The van der Waals surface area contributed by atoms with Crippen LogP contribution in [-0.2, 0) is 8.86 Å². The number of nitrogens with zero attached hydrogens (tertiary/aromatic N) is 2. The number of carbonyl (C=O) groups is 2. The number of ether oxygens (including phenoxy) is 1. The summed E-state index contributed by atoms with van der Waals surface area (Å²) in [4.78, 5) is 33.0. The van der Waals surface area contributed by atoms with Gasteiger partial charge in [-0.3, -0.25) is 15.0 Å². The number of piperidine rings is 1. The Labute approximate surface area is 249 Å². The molecular weight excluding hydrogens is 708 g/mol. The van der Waals surface area contributed by atoms with Crippen molar-refractivity contribution >= 4 is 74.3 Å². The van der Waals surface area contributed by atoms with Gasteiger partial charge in [-0.25, -0.2) is 4.98 Å². The van der Waals surface area contributed by atoms with Crippen LogP contribution >= 0.6 is 45.2 Å². The number of pyridine rings is 1. The van der Waals surface area contributed by atoms with Crippen LogP contribution in [0.1, 0.15) is 56.7 Å². The van der Waals surface area contributed by atoms with Crippen molar-refractivity contribution in [2.75, 3.05) is 30.8 Å². The number of alkyl halides is 2. The Morgan fingerprint density at radius 1 is 0.921 bits per heavy atom. The van der Waals surface area contributed by atoms with E-state index in [-0.39, 0.29) is 17.2 Å². The predicted octanol–water partition coefficient (Wildman–Crippen LogP) is 6.28. The maximum Gasteiger partial charge on any atom is 0.259 e. The summed E-state index contributed by atoms with van der Waals surface area (Å²) in [5.74, 6) is 0.526. The Balaban J connectivity index is 1.56. The van der Waals surface area contributed by atoms with E-state index in [9.17, 15) is 9.59 Å². The summed E-state index contributed by atoms with van der Waals surface area (Å²) in [7, 11) is 1.51. The number of aromatic nitrogens is 1. The standard InChI is InChI=1S/C28H29I2N5O3/c1-38-23-14-19(16-30)13-22(28(37)33-24-10-5-18(15-29)17-32-24)25(23)34-27(36)21-8-6-20(7-9-21)26(31)35-11-3-2-4-12-35/h5-10,13-14,17,31H,2-4,11-12,15-16H2,1H3,(H,34,36)(H,32,33,37). The minimum absolute atomic E-state index is 0.285. The van der Waals surface area contributed by atoms with E-state index in [2.05, 4.69) is 65.7 Å². The summed E-state index contributed by atoms with van der Waals surface area (Å²) in [6.07, 6.45) is 5.11. The van der Waals surface area contributed by atoms with Crippen molar-refractivity contribution < 1.29 is 14.3 Å². The Morgan fingerprint density at radius 3 is 2.21 bits per heavy atom. The minimum Gasteiger partial charge on any atom is -0.495 e. The van der Waals surface area contributed by atoms with Crippen molar-refractivity contribution in [2.24, 2.45) is 0 Å². The highest BCUT2D eigenvalue weighted by Gasteiger charge is 2.21. The predicted molar refractivity (Wildman–Crippen MR) is 167 cm³/mol. The second kappa shape index (κ2) is 13.4. The first kappa shape index (κ1) is 28.3. The van der Waals surface area contributed by atoms with Gasteiger partial charge in [0.05, 0.1) is 18.4 Å². The SMILES string of the molecule is COc1cc(CI)cc(C(=O)Nc2ccc(CI)cn2)c1NC(=O)c1ccc(C(=N)N2CCCCC2)cc1. The summed E-state index contributed by atoms with van der Waals surface area (Å²) in [5, 5.41) is 14.2. The number of hydrogen-bond donors (Lipinski definition) is 3. The van der Waals surface area contributed by atoms with Crippen LogP contribution in [0.3, 0.4) is 0 Å². The van der Waals surface area contributed by atoms with E-state index in [1.54, 1.807) is 42.6 Å². The van der Waals surface area contributed by atoms with Crippen molar-refractivity contribution in [1.29, 1.82) is 5.41 Å². The number of hydrogen-bond acceptors (Lipinski definition) is 5. The van der Waals surface area contributed by atoms with Gasteiger partial charge in [-0.1, -0.05) is 63.4 Å². The monoisotopic (exact) mass is 737 g/mol. The lowest BCUT2D eigenvalue weighted by Gasteiger charge is -2.29. The number of anilines is 2. The lowest BCUT2D eigenvalue weighted by molar-refractivity contribution is 0.102. The molecule has 0 atom stereocenters. The van der Waals surface area contributed by atoms with Crippen molar-refractivity contribution in [1.82, 2.24) is 9.88 Å². The van der Waals surface area contributed by atoms with E-state index in [0.29, 0.717) is 27.4 Å². The molecule has 0 unspecified atom stereocenters. The van der Waals surface area contributed by atoms with Gasteiger partial charge in [0, 0.05) is 39.3 Å². The number of benzene rings is 2. The highest BCUT2D eigenvalue weighted by Crippen LogP contribution is 2.32. The third-order valence-electron chi connectivity index (χ3n) is 6.33.